The Morgan fingerprint density at radius 3 is 1.71 bits per heavy atom. The summed E-state index contributed by atoms with van der Waals surface area (Å²) in [5.41, 5.74) is 20.4. The van der Waals surface area contributed by atoms with Crippen molar-refractivity contribution in [2.24, 2.45) is 23.7 Å². The van der Waals surface area contributed by atoms with Gasteiger partial charge in [0.15, 0.2) is 0 Å². The fourth-order valence-corrected chi connectivity index (χ4v) is 13.0. The molecular formula is C55H47N. The van der Waals surface area contributed by atoms with Crippen LogP contribution in [-0.2, 0) is 10.8 Å². The molecule has 4 bridgehead atoms. The molecule has 0 atom stereocenters. The molecule has 7 aromatic rings. The molecule has 0 saturated heterocycles. The van der Waals surface area contributed by atoms with Crippen LogP contribution in [0.15, 0.2) is 164 Å². The van der Waals surface area contributed by atoms with Crippen molar-refractivity contribution in [3.05, 3.63) is 186 Å². The summed E-state index contributed by atoms with van der Waals surface area (Å²) >= 11 is 0. The van der Waals surface area contributed by atoms with Crippen molar-refractivity contribution in [3.8, 4) is 44.5 Å². The lowest BCUT2D eigenvalue weighted by atomic mass is 9.43. The van der Waals surface area contributed by atoms with E-state index in [-0.39, 0.29) is 10.8 Å². The predicted molar refractivity (Wildman–Crippen MR) is 233 cm³/mol. The monoisotopic (exact) mass is 721 g/mol. The highest BCUT2D eigenvalue weighted by Crippen LogP contribution is 2.70. The van der Waals surface area contributed by atoms with Gasteiger partial charge in [-0.05, 0) is 147 Å². The SMILES string of the molecule is CC1(C)c2ccccc2-c2ccc(N(c3ccc(-c4ccccc4)cc3)c3ccccc3-c3cccc4c3-c3ccccc3C43C4CC5CC(C4)CC3C5)cc21. The topological polar surface area (TPSA) is 3.24 Å². The predicted octanol–water partition coefficient (Wildman–Crippen LogP) is 14.5. The minimum atomic E-state index is -0.0960. The molecule has 6 aliphatic rings. The number of para-hydroxylation sites is 1. The number of rotatable bonds is 5. The normalized spacial score (nSPS) is 24.1. The van der Waals surface area contributed by atoms with Crippen LogP contribution in [-0.4, -0.2) is 0 Å². The third kappa shape index (κ3) is 4.43. The molecule has 0 N–H and O–H groups in total. The lowest BCUT2D eigenvalue weighted by Crippen LogP contribution is -2.55. The molecule has 0 aliphatic heterocycles. The Morgan fingerprint density at radius 1 is 0.411 bits per heavy atom. The summed E-state index contributed by atoms with van der Waals surface area (Å²) in [5.74, 6) is 3.33. The second kappa shape index (κ2) is 11.9. The Hall–Kier alpha value is -5.66. The van der Waals surface area contributed by atoms with Crippen LogP contribution in [0.25, 0.3) is 44.5 Å². The van der Waals surface area contributed by atoms with Crippen molar-refractivity contribution in [2.75, 3.05) is 4.90 Å². The number of anilines is 3. The summed E-state index contributed by atoms with van der Waals surface area (Å²) in [5, 5.41) is 0. The maximum Gasteiger partial charge on any atom is 0.0540 e. The Morgan fingerprint density at radius 2 is 0.964 bits per heavy atom. The molecular weight excluding hydrogens is 675 g/mol. The quantitative estimate of drug-likeness (QED) is 0.171. The van der Waals surface area contributed by atoms with Gasteiger partial charge in [0.05, 0.1) is 5.69 Å². The Labute approximate surface area is 331 Å². The molecule has 4 fully saturated rings. The van der Waals surface area contributed by atoms with Gasteiger partial charge >= 0.3 is 0 Å². The van der Waals surface area contributed by atoms with E-state index >= 15 is 0 Å². The molecule has 0 amide bonds. The average molecular weight is 722 g/mol. The van der Waals surface area contributed by atoms with Crippen LogP contribution in [0.3, 0.4) is 0 Å². The number of benzene rings is 7. The van der Waals surface area contributed by atoms with Crippen LogP contribution >= 0.6 is 0 Å². The molecule has 1 spiro atoms. The molecule has 13 rings (SSSR count). The highest BCUT2D eigenvalue weighted by atomic mass is 15.1. The van der Waals surface area contributed by atoms with E-state index < -0.39 is 0 Å². The minimum absolute atomic E-state index is 0.0960. The third-order valence-electron chi connectivity index (χ3n) is 15.1. The van der Waals surface area contributed by atoms with Crippen molar-refractivity contribution in [1.29, 1.82) is 0 Å². The van der Waals surface area contributed by atoms with E-state index in [0.717, 1.165) is 29.4 Å². The van der Waals surface area contributed by atoms with Crippen LogP contribution in [0, 0.1) is 23.7 Å². The summed E-state index contributed by atoms with van der Waals surface area (Å²) in [6.07, 6.45) is 7.05. The van der Waals surface area contributed by atoms with Crippen molar-refractivity contribution < 1.29 is 0 Å². The first-order valence-electron chi connectivity index (χ1n) is 21.0. The fourth-order valence-electron chi connectivity index (χ4n) is 13.0. The van der Waals surface area contributed by atoms with Crippen molar-refractivity contribution >= 4 is 17.1 Å². The lowest BCUT2D eigenvalue weighted by molar-refractivity contribution is -0.0399. The third-order valence-corrected chi connectivity index (χ3v) is 15.1. The van der Waals surface area contributed by atoms with Gasteiger partial charge < -0.3 is 4.90 Å². The number of hydrogen-bond acceptors (Lipinski definition) is 1. The largest absolute Gasteiger partial charge is 0.310 e. The van der Waals surface area contributed by atoms with E-state index in [2.05, 4.69) is 183 Å². The van der Waals surface area contributed by atoms with E-state index in [0.29, 0.717) is 0 Å². The maximum absolute atomic E-state index is 2.53. The van der Waals surface area contributed by atoms with Crippen LogP contribution in [0.4, 0.5) is 17.1 Å². The Balaban J connectivity index is 1.06. The van der Waals surface area contributed by atoms with Gasteiger partial charge in [-0.1, -0.05) is 147 Å². The Bertz CT molecular complexity index is 2650. The first kappa shape index (κ1) is 32.6. The van der Waals surface area contributed by atoms with Crippen molar-refractivity contribution in [1.82, 2.24) is 0 Å². The number of nitrogens with zero attached hydrogens (tertiary/aromatic N) is 1. The van der Waals surface area contributed by atoms with Gasteiger partial charge in [0.25, 0.3) is 0 Å². The highest BCUT2D eigenvalue weighted by molar-refractivity contribution is 5.99. The summed E-state index contributed by atoms with van der Waals surface area (Å²) < 4.78 is 0. The second-order valence-electron chi connectivity index (χ2n) is 18.1. The standard InChI is InChI=1S/C55H47N/c1-54(2)48-19-9-6-15-43(48)44-28-27-42(34-51(44)54)56(41-25-23-38(24-26-41)37-13-4-3-5-14-37)52-22-11-8-16-45(52)46-18-12-21-50-53(46)47-17-7-10-20-49(47)55(50)39-30-35-29-36(32-39)33-40(55)31-35/h3-28,34-36,39-40H,29-33H2,1-2H3. The smallest absolute Gasteiger partial charge is 0.0540 e. The average Bonchev–Trinajstić information content (AvgIpc) is 3.66. The van der Waals surface area contributed by atoms with E-state index in [9.17, 15) is 0 Å². The van der Waals surface area contributed by atoms with Gasteiger partial charge in [-0.2, -0.15) is 0 Å². The molecule has 1 nitrogen and oxygen atoms in total. The maximum atomic E-state index is 2.53. The first-order valence-corrected chi connectivity index (χ1v) is 21.0. The van der Waals surface area contributed by atoms with E-state index in [1.165, 1.54) is 99.1 Å². The van der Waals surface area contributed by atoms with Gasteiger partial charge in [-0.15, -0.1) is 0 Å². The molecule has 0 radical (unpaired) electrons. The lowest BCUT2D eigenvalue weighted by Gasteiger charge is -2.61. The number of hydrogen-bond donors (Lipinski definition) is 0. The summed E-state index contributed by atoms with van der Waals surface area (Å²) in [6.45, 7) is 4.78. The molecule has 272 valence electrons. The van der Waals surface area contributed by atoms with E-state index in [4.69, 9.17) is 0 Å². The van der Waals surface area contributed by atoms with Crippen molar-refractivity contribution in [2.45, 2.75) is 56.8 Å². The molecule has 0 aromatic heterocycles. The van der Waals surface area contributed by atoms with Gasteiger partial charge in [-0.3, -0.25) is 0 Å². The molecule has 6 aliphatic carbocycles. The van der Waals surface area contributed by atoms with Gasteiger partial charge in [0.1, 0.15) is 0 Å². The highest BCUT2D eigenvalue weighted by Gasteiger charge is 2.61. The minimum Gasteiger partial charge on any atom is -0.310 e. The second-order valence-corrected chi connectivity index (χ2v) is 18.1. The molecule has 0 heterocycles. The van der Waals surface area contributed by atoms with Gasteiger partial charge in [0.2, 0.25) is 0 Å². The van der Waals surface area contributed by atoms with E-state index in [1.807, 2.05) is 0 Å². The summed E-state index contributed by atoms with van der Waals surface area (Å²) in [4.78, 5) is 2.53. The molecule has 7 aromatic carbocycles. The van der Waals surface area contributed by atoms with Crippen LogP contribution in [0.5, 0.6) is 0 Å². The Kier molecular flexibility index (Phi) is 6.93. The molecule has 1 heteroatoms. The number of fused-ring (bicyclic) bond motifs is 6. The zero-order valence-electron chi connectivity index (χ0n) is 32.4. The molecule has 0 unspecified atom stereocenters. The van der Waals surface area contributed by atoms with Crippen LogP contribution in [0.2, 0.25) is 0 Å². The van der Waals surface area contributed by atoms with Gasteiger partial charge in [0, 0.05) is 27.8 Å². The van der Waals surface area contributed by atoms with E-state index in [1.54, 1.807) is 11.1 Å². The van der Waals surface area contributed by atoms with Crippen LogP contribution in [0.1, 0.15) is 68.2 Å². The van der Waals surface area contributed by atoms with Crippen molar-refractivity contribution in [3.63, 3.8) is 0 Å². The zero-order chi connectivity index (χ0) is 37.2. The first-order chi connectivity index (χ1) is 27.5. The fraction of sp³-hybridized carbons (Fsp3) is 0.236. The zero-order valence-corrected chi connectivity index (χ0v) is 32.4. The van der Waals surface area contributed by atoms with Crippen LogP contribution < -0.4 is 4.90 Å². The molecule has 4 saturated carbocycles. The summed E-state index contributed by atoms with van der Waals surface area (Å²) in [7, 11) is 0. The summed E-state index contributed by atoms with van der Waals surface area (Å²) in [6, 6.07) is 62.3. The molecule has 56 heavy (non-hydrogen) atoms. The van der Waals surface area contributed by atoms with Gasteiger partial charge in [-0.25, -0.2) is 0 Å².